The zero-order valence-corrected chi connectivity index (χ0v) is 15.5. The highest BCUT2D eigenvalue weighted by Crippen LogP contribution is 2.30. The Kier molecular flexibility index (Phi) is 4.74. The minimum atomic E-state index is 0.670. The van der Waals surface area contributed by atoms with Gasteiger partial charge in [0.1, 0.15) is 11.6 Å². The average molecular weight is 347 g/mol. The van der Waals surface area contributed by atoms with Gasteiger partial charge in [0.15, 0.2) is 5.82 Å². The molecule has 0 saturated carbocycles. The fraction of sp³-hybridized carbons (Fsp3) is 0.364. The number of nitrogens with zero attached hydrogens (tertiary/aromatic N) is 3. The Morgan fingerprint density at radius 3 is 2.65 bits per heavy atom. The van der Waals surface area contributed by atoms with Crippen molar-refractivity contribution in [1.29, 1.82) is 0 Å². The van der Waals surface area contributed by atoms with E-state index in [1.807, 2.05) is 37.3 Å². The number of rotatable bonds is 4. The highest BCUT2D eigenvalue weighted by Gasteiger charge is 2.21. The standard InChI is InChI=1S/C22H25N3O/c1-3-26-18-12-10-17(11-13-18)21-23-20-9-5-4-8-19(20)22(24-21)25-14-6-7-16(2)15-25/h4-5,8-13,16H,3,6-7,14-15H2,1-2H3/t16-/m0/s1. The number of para-hydroxylation sites is 1. The van der Waals surface area contributed by atoms with Gasteiger partial charge in [-0.1, -0.05) is 19.1 Å². The number of benzene rings is 2. The van der Waals surface area contributed by atoms with E-state index in [1.54, 1.807) is 0 Å². The summed E-state index contributed by atoms with van der Waals surface area (Å²) in [6, 6.07) is 16.4. The molecule has 1 atom stereocenters. The lowest BCUT2D eigenvalue weighted by Gasteiger charge is -2.32. The van der Waals surface area contributed by atoms with Crippen molar-refractivity contribution in [2.45, 2.75) is 26.7 Å². The summed E-state index contributed by atoms with van der Waals surface area (Å²) in [6.07, 6.45) is 2.52. The Balaban J connectivity index is 1.78. The fourth-order valence-electron chi connectivity index (χ4n) is 3.68. The first-order valence-electron chi connectivity index (χ1n) is 9.49. The van der Waals surface area contributed by atoms with Gasteiger partial charge >= 0.3 is 0 Å². The van der Waals surface area contributed by atoms with E-state index in [4.69, 9.17) is 14.7 Å². The average Bonchev–Trinajstić information content (AvgIpc) is 2.68. The number of fused-ring (bicyclic) bond motifs is 1. The van der Waals surface area contributed by atoms with Gasteiger partial charge in [0.25, 0.3) is 0 Å². The molecule has 4 rings (SSSR count). The van der Waals surface area contributed by atoms with Gasteiger partial charge in [-0.05, 0) is 62.1 Å². The number of aromatic nitrogens is 2. The Hall–Kier alpha value is -2.62. The fourth-order valence-corrected chi connectivity index (χ4v) is 3.68. The van der Waals surface area contributed by atoms with E-state index >= 15 is 0 Å². The van der Waals surface area contributed by atoms with Crippen LogP contribution in [0.1, 0.15) is 26.7 Å². The molecule has 1 fully saturated rings. The molecule has 0 bridgehead atoms. The lowest BCUT2D eigenvalue weighted by atomic mass is 10.00. The molecule has 4 nitrogen and oxygen atoms in total. The Bertz CT molecular complexity index is 892. The van der Waals surface area contributed by atoms with Crippen LogP contribution in [0.5, 0.6) is 5.75 Å². The summed E-state index contributed by atoms with van der Waals surface area (Å²) in [6.45, 7) is 7.11. The van der Waals surface area contributed by atoms with Crippen LogP contribution in [0, 0.1) is 5.92 Å². The van der Waals surface area contributed by atoms with Gasteiger partial charge in [0.2, 0.25) is 0 Å². The van der Waals surface area contributed by atoms with Crippen LogP contribution >= 0.6 is 0 Å². The van der Waals surface area contributed by atoms with Crippen LogP contribution in [0.4, 0.5) is 5.82 Å². The van der Waals surface area contributed by atoms with Gasteiger partial charge in [0, 0.05) is 24.0 Å². The van der Waals surface area contributed by atoms with Crippen molar-refractivity contribution < 1.29 is 4.74 Å². The molecule has 1 aliphatic rings. The summed E-state index contributed by atoms with van der Waals surface area (Å²) in [7, 11) is 0. The topological polar surface area (TPSA) is 38.2 Å². The molecular weight excluding hydrogens is 322 g/mol. The summed E-state index contributed by atoms with van der Waals surface area (Å²) in [4.78, 5) is 12.2. The second-order valence-corrected chi connectivity index (χ2v) is 7.04. The first kappa shape index (κ1) is 16.8. The van der Waals surface area contributed by atoms with E-state index in [-0.39, 0.29) is 0 Å². The van der Waals surface area contributed by atoms with Crippen molar-refractivity contribution in [2.24, 2.45) is 5.92 Å². The van der Waals surface area contributed by atoms with Gasteiger partial charge in [-0.25, -0.2) is 9.97 Å². The van der Waals surface area contributed by atoms with Crippen molar-refractivity contribution in [3.63, 3.8) is 0 Å². The Labute approximate surface area is 154 Å². The highest BCUT2D eigenvalue weighted by molar-refractivity contribution is 5.91. The first-order valence-corrected chi connectivity index (χ1v) is 9.49. The molecular formula is C22H25N3O. The zero-order chi connectivity index (χ0) is 17.9. The lowest BCUT2D eigenvalue weighted by Crippen LogP contribution is -2.35. The number of piperidine rings is 1. The van der Waals surface area contributed by atoms with Crippen molar-refractivity contribution in [1.82, 2.24) is 9.97 Å². The quantitative estimate of drug-likeness (QED) is 0.670. The van der Waals surface area contributed by atoms with E-state index in [9.17, 15) is 0 Å². The summed E-state index contributed by atoms with van der Waals surface area (Å²) >= 11 is 0. The molecule has 2 aromatic carbocycles. The molecule has 3 aromatic rings. The van der Waals surface area contributed by atoms with Gasteiger partial charge in [-0.3, -0.25) is 0 Å². The monoisotopic (exact) mass is 347 g/mol. The third kappa shape index (κ3) is 3.36. The van der Waals surface area contributed by atoms with Crippen LogP contribution in [0.3, 0.4) is 0 Å². The van der Waals surface area contributed by atoms with Crippen LogP contribution in [0.15, 0.2) is 48.5 Å². The van der Waals surface area contributed by atoms with Crippen LogP contribution < -0.4 is 9.64 Å². The molecule has 1 saturated heterocycles. The van der Waals surface area contributed by atoms with E-state index in [0.717, 1.165) is 46.9 Å². The molecule has 0 aliphatic carbocycles. The maximum absolute atomic E-state index is 5.55. The normalized spacial score (nSPS) is 17.5. The third-order valence-corrected chi connectivity index (χ3v) is 4.96. The maximum Gasteiger partial charge on any atom is 0.162 e. The molecule has 26 heavy (non-hydrogen) atoms. The predicted octanol–water partition coefficient (Wildman–Crippen LogP) is 4.93. The minimum Gasteiger partial charge on any atom is -0.494 e. The molecule has 134 valence electrons. The summed E-state index contributed by atoms with van der Waals surface area (Å²) < 4.78 is 5.55. The van der Waals surface area contributed by atoms with Crippen molar-refractivity contribution in [3.05, 3.63) is 48.5 Å². The van der Waals surface area contributed by atoms with Crippen molar-refractivity contribution in [3.8, 4) is 17.1 Å². The van der Waals surface area contributed by atoms with E-state index < -0.39 is 0 Å². The smallest absolute Gasteiger partial charge is 0.162 e. The van der Waals surface area contributed by atoms with Gasteiger partial charge in [0.05, 0.1) is 12.1 Å². The zero-order valence-electron chi connectivity index (χ0n) is 15.5. The van der Waals surface area contributed by atoms with Crippen molar-refractivity contribution >= 4 is 16.7 Å². The molecule has 0 unspecified atom stereocenters. The molecule has 0 N–H and O–H groups in total. The summed E-state index contributed by atoms with van der Waals surface area (Å²) in [5, 5.41) is 1.14. The Morgan fingerprint density at radius 2 is 1.88 bits per heavy atom. The number of hydrogen-bond donors (Lipinski definition) is 0. The van der Waals surface area contributed by atoms with Crippen LogP contribution in [0.25, 0.3) is 22.3 Å². The summed E-state index contributed by atoms with van der Waals surface area (Å²) in [5.74, 6) is 3.42. The molecule has 1 aromatic heterocycles. The molecule has 2 heterocycles. The predicted molar refractivity (Wildman–Crippen MR) is 107 cm³/mol. The number of anilines is 1. The van der Waals surface area contributed by atoms with Crippen molar-refractivity contribution in [2.75, 3.05) is 24.6 Å². The van der Waals surface area contributed by atoms with Gasteiger partial charge in [-0.15, -0.1) is 0 Å². The van der Waals surface area contributed by atoms with E-state index in [2.05, 4.69) is 30.0 Å². The van der Waals surface area contributed by atoms with Crippen LogP contribution in [-0.4, -0.2) is 29.7 Å². The highest BCUT2D eigenvalue weighted by atomic mass is 16.5. The number of hydrogen-bond acceptors (Lipinski definition) is 4. The van der Waals surface area contributed by atoms with Crippen LogP contribution in [-0.2, 0) is 0 Å². The molecule has 0 radical (unpaired) electrons. The summed E-state index contributed by atoms with van der Waals surface area (Å²) in [5.41, 5.74) is 2.02. The lowest BCUT2D eigenvalue weighted by molar-refractivity contribution is 0.340. The van der Waals surface area contributed by atoms with Gasteiger partial charge in [-0.2, -0.15) is 0 Å². The largest absolute Gasteiger partial charge is 0.494 e. The second-order valence-electron chi connectivity index (χ2n) is 7.04. The molecule has 1 aliphatic heterocycles. The molecule has 0 spiro atoms. The SMILES string of the molecule is CCOc1ccc(-c2nc(N3CCC[C@H](C)C3)c3ccccc3n2)cc1. The van der Waals surface area contributed by atoms with E-state index in [1.165, 1.54) is 12.8 Å². The van der Waals surface area contributed by atoms with Crippen LogP contribution in [0.2, 0.25) is 0 Å². The molecule has 4 heteroatoms. The molecule has 0 amide bonds. The number of ether oxygens (including phenoxy) is 1. The Morgan fingerprint density at radius 1 is 1.08 bits per heavy atom. The maximum atomic E-state index is 5.55. The second kappa shape index (κ2) is 7.32. The first-order chi connectivity index (χ1) is 12.7. The van der Waals surface area contributed by atoms with E-state index in [0.29, 0.717) is 12.5 Å². The van der Waals surface area contributed by atoms with Gasteiger partial charge < -0.3 is 9.64 Å². The third-order valence-electron chi connectivity index (χ3n) is 4.96. The minimum absolute atomic E-state index is 0.670.